The van der Waals surface area contributed by atoms with Crippen molar-refractivity contribution in [1.29, 1.82) is 5.26 Å². The number of rotatable bonds is 5. The van der Waals surface area contributed by atoms with Gasteiger partial charge in [0.1, 0.15) is 0 Å². The lowest BCUT2D eigenvalue weighted by molar-refractivity contribution is 1.07. The second-order valence-corrected chi connectivity index (χ2v) is 11.2. The third-order valence-corrected chi connectivity index (χ3v) is 8.29. The van der Waals surface area contributed by atoms with Gasteiger partial charge >= 0.3 is 0 Å². The van der Waals surface area contributed by atoms with E-state index < -0.39 is 0 Å². The standard InChI is InChI=1S/C42H26N4/c43-27-28-12-11-18-31(22-28)33-23-34(39-26-32-17-7-8-19-36(32)37-20-9-10-21-38(37)39)25-35(24-33)42-45-40(29-13-3-1-4-14-29)44-41(46-42)30-15-5-2-6-16-30/h1-26H. The van der Waals surface area contributed by atoms with E-state index in [1.807, 2.05) is 84.9 Å². The van der Waals surface area contributed by atoms with E-state index in [4.69, 9.17) is 15.0 Å². The molecule has 0 aliphatic heterocycles. The van der Waals surface area contributed by atoms with Crippen LogP contribution in [0.2, 0.25) is 0 Å². The largest absolute Gasteiger partial charge is 0.208 e. The molecule has 0 saturated carbocycles. The molecule has 46 heavy (non-hydrogen) atoms. The Labute approximate surface area is 266 Å². The zero-order valence-corrected chi connectivity index (χ0v) is 24.8. The number of nitriles is 1. The molecule has 0 amide bonds. The summed E-state index contributed by atoms with van der Waals surface area (Å²) in [6.45, 7) is 0. The summed E-state index contributed by atoms with van der Waals surface area (Å²) in [6.07, 6.45) is 0. The van der Waals surface area contributed by atoms with Gasteiger partial charge in [-0.1, -0.05) is 121 Å². The number of fused-ring (bicyclic) bond motifs is 3. The Morgan fingerprint density at radius 1 is 0.370 bits per heavy atom. The second kappa shape index (κ2) is 11.6. The number of aromatic nitrogens is 3. The van der Waals surface area contributed by atoms with Gasteiger partial charge in [-0.3, -0.25) is 0 Å². The molecule has 4 nitrogen and oxygen atoms in total. The average molecular weight is 587 g/mol. The van der Waals surface area contributed by atoms with Gasteiger partial charge in [0.25, 0.3) is 0 Å². The summed E-state index contributed by atoms with van der Waals surface area (Å²) in [5.41, 5.74) is 7.40. The van der Waals surface area contributed by atoms with E-state index in [1.165, 1.54) is 21.5 Å². The summed E-state index contributed by atoms with van der Waals surface area (Å²) < 4.78 is 0. The molecule has 0 N–H and O–H groups in total. The van der Waals surface area contributed by atoms with E-state index in [-0.39, 0.29) is 0 Å². The first-order valence-electron chi connectivity index (χ1n) is 15.2. The van der Waals surface area contributed by atoms with Crippen molar-refractivity contribution in [2.45, 2.75) is 0 Å². The minimum Gasteiger partial charge on any atom is -0.208 e. The Morgan fingerprint density at radius 2 is 0.891 bits per heavy atom. The maximum absolute atomic E-state index is 9.69. The molecule has 4 heteroatoms. The van der Waals surface area contributed by atoms with Crippen LogP contribution >= 0.6 is 0 Å². The van der Waals surface area contributed by atoms with Gasteiger partial charge in [0.15, 0.2) is 17.5 Å². The van der Waals surface area contributed by atoms with Crippen LogP contribution in [-0.2, 0) is 0 Å². The molecule has 0 saturated heterocycles. The van der Waals surface area contributed by atoms with Crippen molar-refractivity contribution in [2.75, 3.05) is 0 Å². The second-order valence-electron chi connectivity index (χ2n) is 11.2. The Hall–Kier alpha value is -6.44. The summed E-state index contributed by atoms with van der Waals surface area (Å²) in [7, 11) is 0. The highest BCUT2D eigenvalue weighted by atomic mass is 15.0. The molecular formula is C42H26N4. The Bertz CT molecular complexity index is 2370. The summed E-state index contributed by atoms with van der Waals surface area (Å²) in [6, 6.07) is 55.9. The Balaban J connectivity index is 1.42. The van der Waals surface area contributed by atoms with Crippen LogP contribution in [0.25, 0.3) is 78.0 Å². The van der Waals surface area contributed by atoms with Crippen molar-refractivity contribution in [3.8, 4) is 62.5 Å². The highest BCUT2D eigenvalue weighted by molar-refractivity contribution is 6.14. The van der Waals surface area contributed by atoms with E-state index in [0.29, 0.717) is 23.0 Å². The molecule has 0 unspecified atom stereocenters. The van der Waals surface area contributed by atoms with Crippen LogP contribution in [0, 0.1) is 11.3 Å². The third kappa shape index (κ3) is 5.06. The topological polar surface area (TPSA) is 62.5 Å². The van der Waals surface area contributed by atoms with Gasteiger partial charge in [0.2, 0.25) is 0 Å². The van der Waals surface area contributed by atoms with Crippen LogP contribution in [-0.4, -0.2) is 15.0 Å². The fraction of sp³-hybridized carbons (Fsp3) is 0. The zero-order valence-electron chi connectivity index (χ0n) is 24.8. The number of hydrogen-bond donors (Lipinski definition) is 0. The molecule has 0 aliphatic carbocycles. The minimum atomic E-state index is 0.581. The van der Waals surface area contributed by atoms with Crippen molar-refractivity contribution in [2.24, 2.45) is 0 Å². The van der Waals surface area contributed by atoms with Gasteiger partial charge in [-0.05, 0) is 80.2 Å². The van der Waals surface area contributed by atoms with Gasteiger partial charge < -0.3 is 0 Å². The van der Waals surface area contributed by atoms with E-state index in [9.17, 15) is 5.26 Å². The lowest BCUT2D eigenvalue weighted by atomic mass is 9.90. The number of nitrogens with zero attached hydrogens (tertiary/aromatic N) is 4. The van der Waals surface area contributed by atoms with E-state index in [2.05, 4.69) is 78.9 Å². The summed E-state index contributed by atoms with van der Waals surface area (Å²) in [5, 5.41) is 14.5. The summed E-state index contributed by atoms with van der Waals surface area (Å²) in [5.74, 6) is 1.80. The quantitative estimate of drug-likeness (QED) is 0.188. The molecule has 8 rings (SSSR count). The molecule has 7 aromatic carbocycles. The first kappa shape index (κ1) is 27.1. The molecule has 1 heterocycles. The van der Waals surface area contributed by atoms with E-state index >= 15 is 0 Å². The smallest absolute Gasteiger partial charge is 0.164 e. The van der Waals surface area contributed by atoms with E-state index in [1.54, 1.807) is 0 Å². The molecular weight excluding hydrogens is 560 g/mol. The monoisotopic (exact) mass is 586 g/mol. The molecule has 0 aliphatic rings. The van der Waals surface area contributed by atoms with Gasteiger partial charge in [-0.2, -0.15) is 5.26 Å². The van der Waals surface area contributed by atoms with Gasteiger partial charge in [0, 0.05) is 16.7 Å². The third-order valence-electron chi connectivity index (χ3n) is 8.29. The summed E-state index contributed by atoms with van der Waals surface area (Å²) in [4.78, 5) is 15.0. The first-order chi connectivity index (χ1) is 22.7. The first-order valence-corrected chi connectivity index (χ1v) is 15.2. The Morgan fingerprint density at radius 3 is 1.57 bits per heavy atom. The maximum Gasteiger partial charge on any atom is 0.164 e. The molecule has 0 spiro atoms. The number of benzene rings is 7. The van der Waals surface area contributed by atoms with Gasteiger partial charge in [0.05, 0.1) is 11.6 Å². The van der Waals surface area contributed by atoms with Crippen molar-refractivity contribution in [1.82, 2.24) is 15.0 Å². The van der Waals surface area contributed by atoms with Crippen LogP contribution < -0.4 is 0 Å². The maximum atomic E-state index is 9.69. The lowest BCUT2D eigenvalue weighted by Gasteiger charge is -2.15. The lowest BCUT2D eigenvalue weighted by Crippen LogP contribution is -2.00. The Kier molecular flexibility index (Phi) is 6.83. The van der Waals surface area contributed by atoms with Crippen molar-refractivity contribution >= 4 is 21.5 Å². The number of hydrogen-bond acceptors (Lipinski definition) is 4. The van der Waals surface area contributed by atoms with Crippen LogP contribution in [0.4, 0.5) is 0 Å². The predicted octanol–water partition coefficient (Wildman–Crippen LogP) is 10.4. The van der Waals surface area contributed by atoms with Crippen molar-refractivity contribution < 1.29 is 0 Å². The molecule has 0 bridgehead atoms. The molecule has 1 aromatic heterocycles. The predicted molar refractivity (Wildman–Crippen MR) is 187 cm³/mol. The molecule has 0 fully saturated rings. The molecule has 8 aromatic rings. The van der Waals surface area contributed by atoms with Crippen molar-refractivity contribution in [3.63, 3.8) is 0 Å². The zero-order chi connectivity index (χ0) is 30.9. The van der Waals surface area contributed by atoms with Gasteiger partial charge in [-0.15, -0.1) is 0 Å². The molecule has 214 valence electrons. The average Bonchev–Trinajstić information content (AvgIpc) is 3.15. The SMILES string of the molecule is N#Cc1cccc(-c2cc(-c3nc(-c4ccccc4)nc(-c4ccccc4)n3)cc(-c3cc4ccccc4c4ccccc34)c2)c1. The fourth-order valence-corrected chi connectivity index (χ4v) is 6.08. The van der Waals surface area contributed by atoms with Crippen LogP contribution in [0.3, 0.4) is 0 Å². The highest BCUT2D eigenvalue weighted by Gasteiger charge is 2.16. The molecule has 0 radical (unpaired) electrons. The highest BCUT2D eigenvalue weighted by Crippen LogP contribution is 2.39. The van der Waals surface area contributed by atoms with E-state index in [0.717, 1.165) is 38.9 Å². The van der Waals surface area contributed by atoms with Crippen LogP contribution in [0.15, 0.2) is 158 Å². The summed E-state index contributed by atoms with van der Waals surface area (Å²) >= 11 is 0. The minimum absolute atomic E-state index is 0.581. The normalized spacial score (nSPS) is 11.0. The molecule has 0 atom stereocenters. The van der Waals surface area contributed by atoms with Crippen LogP contribution in [0.1, 0.15) is 5.56 Å². The van der Waals surface area contributed by atoms with Gasteiger partial charge in [-0.25, -0.2) is 15.0 Å². The van der Waals surface area contributed by atoms with Crippen LogP contribution in [0.5, 0.6) is 0 Å². The van der Waals surface area contributed by atoms with Crippen molar-refractivity contribution in [3.05, 3.63) is 163 Å². The fourth-order valence-electron chi connectivity index (χ4n) is 6.08.